The van der Waals surface area contributed by atoms with Gasteiger partial charge in [0.25, 0.3) is 0 Å². The standard InChI is InChI=1S/C28H26O4S/c1-29-23-7-3-21(4-8-23)19-31-25-11-15-27(16-12-25)33-28-17-13-26(14-18-28)32-20-22-5-9-24(30-2)10-6-22/h3-18H,19-20H2,1-2H3. The predicted octanol–water partition coefficient (Wildman–Crippen LogP) is 7.01. The normalized spacial score (nSPS) is 10.5. The highest BCUT2D eigenvalue weighted by Gasteiger charge is 2.02. The van der Waals surface area contributed by atoms with Gasteiger partial charge < -0.3 is 18.9 Å². The zero-order valence-corrected chi connectivity index (χ0v) is 19.5. The van der Waals surface area contributed by atoms with E-state index in [9.17, 15) is 0 Å². The van der Waals surface area contributed by atoms with E-state index in [1.165, 1.54) is 0 Å². The Bertz CT molecular complexity index is 1030. The third-order valence-corrected chi connectivity index (χ3v) is 6.03. The van der Waals surface area contributed by atoms with Crippen LogP contribution in [0.4, 0.5) is 0 Å². The third kappa shape index (κ3) is 6.70. The zero-order valence-electron chi connectivity index (χ0n) is 18.7. The van der Waals surface area contributed by atoms with E-state index in [1.807, 2.05) is 72.8 Å². The molecule has 33 heavy (non-hydrogen) atoms. The lowest BCUT2D eigenvalue weighted by atomic mass is 10.2. The number of methoxy groups -OCH3 is 2. The molecule has 0 fully saturated rings. The minimum absolute atomic E-state index is 0.522. The van der Waals surface area contributed by atoms with Gasteiger partial charge in [0.15, 0.2) is 0 Å². The van der Waals surface area contributed by atoms with Crippen LogP contribution in [-0.4, -0.2) is 14.2 Å². The first-order valence-corrected chi connectivity index (χ1v) is 11.4. The van der Waals surface area contributed by atoms with Crippen LogP contribution in [-0.2, 0) is 13.2 Å². The van der Waals surface area contributed by atoms with Crippen LogP contribution in [0.3, 0.4) is 0 Å². The number of hydrogen-bond donors (Lipinski definition) is 0. The maximum absolute atomic E-state index is 5.89. The topological polar surface area (TPSA) is 36.9 Å². The molecule has 0 saturated heterocycles. The Balaban J connectivity index is 1.25. The van der Waals surface area contributed by atoms with Gasteiger partial charge in [0.1, 0.15) is 36.2 Å². The summed E-state index contributed by atoms with van der Waals surface area (Å²) in [5.74, 6) is 3.38. The summed E-state index contributed by atoms with van der Waals surface area (Å²) in [6, 6.07) is 32.1. The predicted molar refractivity (Wildman–Crippen MR) is 132 cm³/mol. The summed E-state index contributed by atoms with van der Waals surface area (Å²) in [7, 11) is 3.33. The number of benzene rings is 4. The van der Waals surface area contributed by atoms with Crippen LogP contribution in [0.5, 0.6) is 23.0 Å². The van der Waals surface area contributed by atoms with E-state index in [0.29, 0.717) is 13.2 Å². The van der Waals surface area contributed by atoms with E-state index in [0.717, 1.165) is 43.9 Å². The number of rotatable bonds is 10. The molecule has 168 valence electrons. The van der Waals surface area contributed by atoms with Gasteiger partial charge in [-0.1, -0.05) is 36.0 Å². The molecule has 0 saturated carbocycles. The van der Waals surface area contributed by atoms with Crippen molar-refractivity contribution in [3.63, 3.8) is 0 Å². The summed E-state index contributed by atoms with van der Waals surface area (Å²) < 4.78 is 22.1. The molecular formula is C28H26O4S. The summed E-state index contributed by atoms with van der Waals surface area (Å²) in [5.41, 5.74) is 2.20. The molecule has 4 aromatic carbocycles. The van der Waals surface area contributed by atoms with Gasteiger partial charge in [0.2, 0.25) is 0 Å². The second kappa shape index (κ2) is 11.3. The molecular weight excluding hydrogens is 432 g/mol. The van der Waals surface area contributed by atoms with Crippen molar-refractivity contribution < 1.29 is 18.9 Å². The second-order valence-electron chi connectivity index (χ2n) is 7.32. The van der Waals surface area contributed by atoms with Crippen LogP contribution < -0.4 is 18.9 Å². The van der Waals surface area contributed by atoms with Crippen molar-refractivity contribution in [1.82, 2.24) is 0 Å². The van der Waals surface area contributed by atoms with Crippen LogP contribution in [0.1, 0.15) is 11.1 Å². The van der Waals surface area contributed by atoms with Gasteiger partial charge in [-0.2, -0.15) is 0 Å². The van der Waals surface area contributed by atoms with Crippen molar-refractivity contribution in [3.05, 3.63) is 108 Å². The molecule has 0 aliphatic heterocycles. The molecule has 0 heterocycles. The Morgan fingerprint density at radius 2 is 0.788 bits per heavy atom. The molecule has 0 unspecified atom stereocenters. The molecule has 0 N–H and O–H groups in total. The molecule has 4 nitrogen and oxygen atoms in total. The van der Waals surface area contributed by atoms with Gasteiger partial charge in [0.05, 0.1) is 14.2 Å². The molecule has 5 heteroatoms. The van der Waals surface area contributed by atoms with Gasteiger partial charge in [-0.25, -0.2) is 0 Å². The molecule has 0 radical (unpaired) electrons. The van der Waals surface area contributed by atoms with Crippen LogP contribution in [0.25, 0.3) is 0 Å². The molecule has 0 aromatic heterocycles. The highest BCUT2D eigenvalue weighted by molar-refractivity contribution is 7.99. The maximum Gasteiger partial charge on any atom is 0.119 e. The number of hydrogen-bond acceptors (Lipinski definition) is 5. The summed E-state index contributed by atoms with van der Waals surface area (Å²) in [6.07, 6.45) is 0. The van der Waals surface area contributed by atoms with Gasteiger partial charge in [-0.3, -0.25) is 0 Å². The number of ether oxygens (including phenoxy) is 4. The minimum atomic E-state index is 0.522. The van der Waals surface area contributed by atoms with E-state index in [4.69, 9.17) is 18.9 Å². The maximum atomic E-state index is 5.89. The lowest BCUT2D eigenvalue weighted by Gasteiger charge is -2.09. The first-order chi connectivity index (χ1) is 16.2. The van der Waals surface area contributed by atoms with Crippen molar-refractivity contribution >= 4 is 11.8 Å². The van der Waals surface area contributed by atoms with Crippen molar-refractivity contribution in [3.8, 4) is 23.0 Å². The Labute approximate surface area is 199 Å². The molecule has 0 atom stereocenters. The van der Waals surface area contributed by atoms with Crippen molar-refractivity contribution in [2.45, 2.75) is 23.0 Å². The van der Waals surface area contributed by atoms with E-state index in [-0.39, 0.29) is 0 Å². The summed E-state index contributed by atoms with van der Waals surface area (Å²) in [5, 5.41) is 0. The molecule has 0 amide bonds. The third-order valence-electron chi connectivity index (χ3n) is 5.01. The summed E-state index contributed by atoms with van der Waals surface area (Å²) >= 11 is 1.70. The minimum Gasteiger partial charge on any atom is -0.497 e. The SMILES string of the molecule is COc1ccc(COc2ccc(Sc3ccc(OCc4ccc(OC)cc4)cc3)cc2)cc1. The lowest BCUT2D eigenvalue weighted by Crippen LogP contribution is -1.95. The van der Waals surface area contributed by atoms with Crippen LogP contribution >= 0.6 is 11.8 Å². The van der Waals surface area contributed by atoms with Crippen molar-refractivity contribution in [2.75, 3.05) is 14.2 Å². The molecule has 4 aromatic rings. The first-order valence-electron chi connectivity index (χ1n) is 10.6. The Morgan fingerprint density at radius 3 is 1.12 bits per heavy atom. The quantitative estimate of drug-likeness (QED) is 0.255. The smallest absolute Gasteiger partial charge is 0.119 e. The zero-order chi connectivity index (χ0) is 22.9. The van der Waals surface area contributed by atoms with Crippen LogP contribution in [0.2, 0.25) is 0 Å². The average molecular weight is 459 g/mol. The van der Waals surface area contributed by atoms with E-state index >= 15 is 0 Å². The van der Waals surface area contributed by atoms with Gasteiger partial charge in [-0.15, -0.1) is 0 Å². The Kier molecular flexibility index (Phi) is 7.77. The van der Waals surface area contributed by atoms with Gasteiger partial charge in [0, 0.05) is 9.79 Å². The van der Waals surface area contributed by atoms with Crippen molar-refractivity contribution in [2.24, 2.45) is 0 Å². The summed E-state index contributed by atoms with van der Waals surface area (Å²) in [4.78, 5) is 2.30. The fourth-order valence-electron chi connectivity index (χ4n) is 3.12. The van der Waals surface area contributed by atoms with E-state index in [2.05, 4.69) is 24.3 Å². The Hall–Kier alpha value is -3.57. The van der Waals surface area contributed by atoms with Crippen LogP contribution in [0.15, 0.2) is 107 Å². The van der Waals surface area contributed by atoms with Crippen molar-refractivity contribution in [1.29, 1.82) is 0 Å². The molecule has 4 rings (SSSR count). The molecule has 0 bridgehead atoms. The molecule has 0 aliphatic carbocycles. The highest BCUT2D eigenvalue weighted by atomic mass is 32.2. The first kappa shape index (κ1) is 22.6. The van der Waals surface area contributed by atoms with Gasteiger partial charge >= 0.3 is 0 Å². The highest BCUT2D eigenvalue weighted by Crippen LogP contribution is 2.30. The monoisotopic (exact) mass is 458 g/mol. The fraction of sp³-hybridized carbons (Fsp3) is 0.143. The second-order valence-corrected chi connectivity index (χ2v) is 8.47. The molecule has 0 spiro atoms. The van der Waals surface area contributed by atoms with Gasteiger partial charge in [-0.05, 0) is 83.9 Å². The fourth-order valence-corrected chi connectivity index (χ4v) is 3.94. The van der Waals surface area contributed by atoms with E-state index < -0.39 is 0 Å². The molecule has 0 aliphatic rings. The summed E-state index contributed by atoms with van der Waals surface area (Å²) in [6.45, 7) is 1.04. The Morgan fingerprint density at radius 1 is 0.455 bits per heavy atom. The van der Waals surface area contributed by atoms with E-state index in [1.54, 1.807) is 26.0 Å². The average Bonchev–Trinajstić information content (AvgIpc) is 2.88. The largest absolute Gasteiger partial charge is 0.497 e. The van der Waals surface area contributed by atoms with Crippen LogP contribution in [0, 0.1) is 0 Å². The lowest BCUT2D eigenvalue weighted by molar-refractivity contribution is 0.305.